The summed E-state index contributed by atoms with van der Waals surface area (Å²) in [5, 5.41) is 7.42. The molecule has 0 radical (unpaired) electrons. The summed E-state index contributed by atoms with van der Waals surface area (Å²) in [5.41, 5.74) is 4.88. The first-order chi connectivity index (χ1) is 12.2. The van der Waals surface area contributed by atoms with Crippen molar-refractivity contribution in [3.8, 4) is 0 Å². The predicted octanol–water partition coefficient (Wildman–Crippen LogP) is 2.83. The topological polar surface area (TPSA) is 59.3 Å². The van der Waals surface area contributed by atoms with Crippen LogP contribution in [0.25, 0.3) is 5.65 Å². The molecule has 4 rings (SSSR count). The molecule has 0 unspecified atom stereocenters. The van der Waals surface area contributed by atoms with Crippen molar-refractivity contribution in [1.29, 1.82) is 0 Å². The fourth-order valence-corrected chi connectivity index (χ4v) is 3.53. The third-order valence-electron chi connectivity index (χ3n) is 4.94. The third-order valence-corrected chi connectivity index (χ3v) is 4.94. The molecule has 5 heteroatoms. The average Bonchev–Trinajstić information content (AvgIpc) is 3.06. The second-order valence-electron chi connectivity index (χ2n) is 6.86. The lowest BCUT2D eigenvalue weighted by Crippen LogP contribution is -2.26. The number of aromatic nitrogens is 3. The molecule has 0 aliphatic heterocycles. The number of nitrogens with zero attached hydrogens (tertiary/aromatic N) is 3. The van der Waals surface area contributed by atoms with Crippen LogP contribution < -0.4 is 5.32 Å². The fourth-order valence-electron chi connectivity index (χ4n) is 3.53. The molecule has 0 spiro atoms. The zero-order chi connectivity index (χ0) is 17.2. The van der Waals surface area contributed by atoms with Gasteiger partial charge in [-0.3, -0.25) is 4.79 Å². The summed E-state index contributed by atoms with van der Waals surface area (Å²) in [5.74, 6) is 0.575. The van der Waals surface area contributed by atoms with Gasteiger partial charge >= 0.3 is 0 Å². The van der Waals surface area contributed by atoms with E-state index in [4.69, 9.17) is 0 Å². The van der Waals surface area contributed by atoms with E-state index in [9.17, 15) is 4.79 Å². The molecule has 1 aliphatic rings. The second kappa shape index (κ2) is 6.67. The standard InChI is InChI=1S/C20H22N4O/c1-14-7-8-18-16(11-14)12-22-19-17(13-23-24(18)19)20(25)21-10-9-15-5-3-2-4-6-15/h2-6,12-14H,7-11H2,1H3,(H,21,25)/t14-/m0/s1. The Morgan fingerprint density at radius 2 is 2.12 bits per heavy atom. The number of fused-ring (bicyclic) bond motifs is 3. The smallest absolute Gasteiger partial charge is 0.256 e. The van der Waals surface area contributed by atoms with Crippen LogP contribution in [0.5, 0.6) is 0 Å². The maximum atomic E-state index is 12.5. The van der Waals surface area contributed by atoms with Crippen LogP contribution in [0.1, 0.15) is 40.5 Å². The van der Waals surface area contributed by atoms with Crippen molar-refractivity contribution >= 4 is 11.6 Å². The van der Waals surface area contributed by atoms with Crippen molar-refractivity contribution in [2.45, 2.75) is 32.6 Å². The first-order valence-electron chi connectivity index (χ1n) is 8.89. The Bertz CT molecular complexity index is 901. The molecule has 0 bridgehead atoms. The van der Waals surface area contributed by atoms with Gasteiger partial charge in [-0.05, 0) is 42.7 Å². The van der Waals surface area contributed by atoms with E-state index in [-0.39, 0.29) is 5.91 Å². The Kier molecular flexibility index (Phi) is 4.22. The quantitative estimate of drug-likeness (QED) is 0.798. The van der Waals surface area contributed by atoms with E-state index in [1.54, 1.807) is 6.20 Å². The summed E-state index contributed by atoms with van der Waals surface area (Å²) in [7, 11) is 0. The Labute approximate surface area is 147 Å². The van der Waals surface area contributed by atoms with Crippen molar-refractivity contribution in [1.82, 2.24) is 19.9 Å². The van der Waals surface area contributed by atoms with E-state index in [0.29, 0.717) is 23.7 Å². The van der Waals surface area contributed by atoms with Crippen molar-refractivity contribution in [3.63, 3.8) is 0 Å². The van der Waals surface area contributed by atoms with Gasteiger partial charge in [0.15, 0.2) is 5.65 Å². The van der Waals surface area contributed by atoms with Gasteiger partial charge in [-0.25, -0.2) is 9.50 Å². The molecule has 5 nitrogen and oxygen atoms in total. The zero-order valence-electron chi connectivity index (χ0n) is 14.4. The van der Waals surface area contributed by atoms with Crippen LogP contribution in [0.2, 0.25) is 0 Å². The van der Waals surface area contributed by atoms with Gasteiger partial charge < -0.3 is 5.32 Å². The highest BCUT2D eigenvalue weighted by molar-refractivity contribution is 5.99. The van der Waals surface area contributed by atoms with E-state index >= 15 is 0 Å². The van der Waals surface area contributed by atoms with Gasteiger partial charge in [-0.2, -0.15) is 5.10 Å². The number of aryl methyl sites for hydroxylation is 1. The molecule has 2 heterocycles. The van der Waals surface area contributed by atoms with Crippen molar-refractivity contribution in [2.75, 3.05) is 6.54 Å². The van der Waals surface area contributed by atoms with Crippen LogP contribution in [0.4, 0.5) is 0 Å². The summed E-state index contributed by atoms with van der Waals surface area (Å²) in [6, 6.07) is 10.1. The van der Waals surface area contributed by atoms with Gasteiger partial charge in [0.25, 0.3) is 5.91 Å². The molecule has 0 saturated heterocycles. The van der Waals surface area contributed by atoms with Crippen molar-refractivity contribution in [2.24, 2.45) is 5.92 Å². The van der Waals surface area contributed by atoms with E-state index in [1.165, 1.54) is 16.8 Å². The molecule has 128 valence electrons. The number of amides is 1. The molecule has 0 saturated carbocycles. The first kappa shape index (κ1) is 15.8. The molecule has 1 aromatic carbocycles. The molecular formula is C20H22N4O. The van der Waals surface area contributed by atoms with E-state index in [0.717, 1.165) is 25.7 Å². The maximum Gasteiger partial charge on any atom is 0.256 e. The number of benzene rings is 1. The van der Waals surface area contributed by atoms with Gasteiger partial charge in [0, 0.05) is 18.4 Å². The van der Waals surface area contributed by atoms with Gasteiger partial charge in [-0.1, -0.05) is 37.3 Å². The monoisotopic (exact) mass is 334 g/mol. The van der Waals surface area contributed by atoms with Gasteiger partial charge in [0.2, 0.25) is 0 Å². The van der Waals surface area contributed by atoms with E-state index in [1.807, 2.05) is 28.9 Å². The third kappa shape index (κ3) is 3.14. The number of carbonyl (C=O) groups excluding carboxylic acids is 1. The number of hydrogen-bond acceptors (Lipinski definition) is 3. The average molecular weight is 334 g/mol. The van der Waals surface area contributed by atoms with Gasteiger partial charge in [-0.15, -0.1) is 0 Å². The lowest BCUT2D eigenvalue weighted by Gasteiger charge is -2.21. The molecule has 1 N–H and O–H groups in total. The summed E-state index contributed by atoms with van der Waals surface area (Å²) < 4.78 is 1.85. The molecule has 1 aliphatic carbocycles. The van der Waals surface area contributed by atoms with Gasteiger partial charge in [0.05, 0.1) is 6.20 Å². The van der Waals surface area contributed by atoms with Crippen LogP contribution in [0.3, 0.4) is 0 Å². The molecule has 0 fully saturated rings. The fraction of sp³-hybridized carbons (Fsp3) is 0.350. The highest BCUT2D eigenvalue weighted by Crippen LogP contribution is 2.25. The summed E-state index contributed by atoms with van der Waals surface area (Å²) in [6.45, 7) is 2.87. The Hall–Kier alpha value is -2.69. The highest BCUT2D eigenvalue weighted by Gasteiger charge is 2.21. The SMILES string of the molecule is C[C@H]1CCc2c(cnc3c(C(=O)NCCc4ccccc4)cnn23)C1. The normalized spacial score (nSPS) is 16.6. The van der Waals surface area contributed by atoms with Crippen molar-refractivity contribution in [3.05, 3.63) is 65.1 Å². The lowest BCUT2D eigenvalue weighted by molar-refractivity contribution is 0.0955. The number of rotatable bonds is 4. The Morgan fingerprint density at radius 3 is 2.96 bits per heavy atom. The molecule has 1 atom stereocenters. The maximum absolute atomic E-state index is 12.5. The van der Waals surface area contributed by atoms with Gasteiger partial charge in [0.1, 0.15) is 5.56 Å². The minimum Gasteiger partial charge on any atom is -0.352 e. The van der Waals surface area contributed by atoms with Crippen LogP contribution >= 0.6 is 0 Å². The predicted molar refractivity (Wildman–Crippen MR) is 96.7 cm³/mol. The number of carbonyl (C=O) groups is 1. The summed E-state index contributed by atoms with van der Waals surface area (Å²) in [4.78, 5) is 17.0. The summed E-state index contributed by atoms with van der Waals surface area (Å²) in [6.07, 6.45) is 7.56. The van der Waals surface area contributed by atoms with Crippen LogP contribution in [0.15, 0.2) is 42.7 Å². The Morgan fingerprint density at radius 1 is 1.28 bits per heavy atom. The largest absolute Gasteiger partial charge is 0.352 e. The minimum absolute atomic E-state index is 0.109. The number of nitrogens with one attached hydrogen (secondary N) is 1. The molecule has 1 amide bonds. The zero-order valence-corrected chi connectivity index (χ0v) is 14.4. The summed E-state index contributed by atoms with van der Waals surface area (Å²) >= 11 is 0. The van der Waals surface area contributed by atoms with Crippen LogP contribution in [-0.4, -0.2) is 27.0 Å². The van der Waals surface area contributed by atoms with E-state index in [2.05, 4.69) is 34.5 Å². The van der Waals surface area contributed by atoms with E-state index < -0.39 is 0 Å². The number of hydrogen-bond donors (Lipinski definition) is 1. The Balaban J connectivity index is 1.50. The molecular weight excluding hydrogens is 312 g/mol. The minimum atomic E-state index is -0.109. The first-order valence-corrected chi connectivity index (χ1v) is 8.89. The molecule has 25 heavy (non-hydrogen) atoms. The second-order valence-corrected chi connectivity index (χ2v) is 6.86. The highest BCUT2D eigenvalue weighted by atomic mass is 16.1. The lowest BCUT2D eigenvalue weighted by atomic mass is 9.89. The molecule has 3 aromatic rings. The van der Waals surface area contributed by atoms with Crippen LogP contribution in [-0.2, 0) is 19.3 Å². The van der Waals surface area contributed by atoms with Crippen LogP contribution in [0, 0.1) is 5.92 Å². The molecule has 2 aromatic heterocycles. The van der Waals surface area contributed by atoms with Crippen molar-refractivity contribution < 1.29 is 4.79 Å².